The standard InChI is InChI=1S/C20H23N3O4S/c1-15-6-4-7-16(14-15)27-13-5-11-21-19(24)10-12-22-20-17-8-2-3-9-18(17)28(25,26)23-20/h2-4,6-9,14H,5,10-13H2,1H3,(H,21,24)(H,22,23). The van der Waals surface area contributed by atoms with Crippen LogP contribution < -0.4 is 14.8 Å². The van der Waals surface area contributed by atoms with Crippen molar-refractivity contribution in [3.63, 3.8) is 0 Å². The second-order valence-electron chi connectivity index (χ2n) is 6.45. The van der Waals surface area contributed by atoms with Crippen molar-refractivity contribution in [1.82, 2.24) is 10.0 Å². The molecule has 0 aromatic heterocycles. The van der Waals surface area contributed by atoms with Crippen molar-refractivity contribution >= 4 is 21.8 Å². The van der Waals surface area contributed by atoms with Crippen LogP contribution in [0.25, 0.3) is 0 Å². The first-order chi connectivity index (χ1) is 13.5. The van der Waals surface area contributed by atoms with E-state index in [1.165, 1.54) is 6.07 Å². The molecule has 2 aromatic rings. The molecule has 7 nitrogen and oxygen atoms in total. The summed E-state index contributed by atoms with van der Waals surface area (Å²) in [6.07, 6.45) is 0.882. The summed E-state index contributed by atoms with van der Waals surface area (Å²) in [5.41, 5.74) is 1.68. The fourth-order valence-electron chi connectivity index (χ4n) is 2.80. The first kappa shape index (κ1) is 19.9. The van der Waals surface area contributed by atoms with Crippen molar-refractivity contribution in [2.45, 2.75) is 24.7 Å². The number of rotatable bonds is 8. The third-order valence-corrected chi connectivity index (χ3v) is 5.57. The Bertz CT molecular complexity index is 986. The zero-order valence-corrected chi connectivity index (χ0v) is 16.5. The molecule has 0 atom stereocenters. The van der Waals surface area contributed by atoms with Crippen LogP contribution in [0.15, 0.2) is 58.4 Å². The van der Waals surface area contributed by atoms with Crippen LogP contribution in [0, 0.1) is 6.92 Å². The van der Waals surface area contributed by atoms with E-state index >= 15 is 0 Å². The van der Waals surface area contributed by atoms with Gasteiger partial charge in [-0.25, -0.2) is 8.42 Å². The van der Waals surface area contributed by atoms with Crippen LogP contribution in [0.1, 0.15) is 24.0 Å². The molecule has 8 heteroatoms. The van der Waals surface area contributed by atoms with E-state index in [2.05, 4.69) is 15.0 Å². The number of aryl methyl sites for hydroxylation is 1. The number of fused-ring (bicyclic) bond motifs is 1. The Labute approximate surface area is 164 Å². The van der Waals surface area contributed by atoms with Crippen molar-refractivity contribution in [1.29, 1.82) is 0 Å². The first-order valence-corrected chi connectivity index (χ1v) is 10.6. The smallest absolute Gasteiger partial charge is 0.263 e. The van der Waals surface area contributed by atoms with Crippen LogP contribution in [-0.4, -0.2) is 39.9 Å². The normalized spacial score (nSPS) is 15.7. The molecule has 2 N–H and O–H groups in total. The molecule has 0 fully saturated rings. The van der Waals surface area contributed by atoms with Crippen molar-refractivity contribution in [3.05, 3.63) is 59.7 Å². The number of hydrogen-bond donors (Lipinski definition) is 2. The van der Waals surface area contributed by atoms with Crippen molar-refractivity contribution in [3.8, 4) is 5.75 Å². The number of amides is 1. The zero-order chi connectivity index (χ0) is 20.0. The lowest BCUT2D eigenvalue weighted by Crippen LogP contribution is -2.26. The van der Waals surface area contributed by atoms with Crippen LogP contribution >= 0.6 is 0 Å². The van der Waals surface area contributed by atoms with Gasteiger partial charge in [0.15, 0.2) is 0 Å². The Morgan fingerprint density at radius 2 is 2.00 bits per heavy atom. The highest BCUT2D eigenvalue weighted by molar-refractivity contribution is 7.90. The quantitative estimate of drug-likeness (QED) is 0.661. The second-order valence-corrected chi connectivity index (χ2v) is 8.10. The summed E-state index contributed by atoms with van der Waals surface area (Å²) in [6, 6.07) is 14.5. The van der Waals surface area contributed by atoms with Gasteiger partial charge in [-0.3, -0.25) is 14.5 Å². The summed E-state index contributed by atoms with van der Waals surface area (Å²) >= 11 is 0. The lowest BCUT2D eigenvalue weighted by atomic mass is 10.2. The van der Waals surface area contributed by atoms with Gasteiger partial charge < -0.3 is 10.1 Å². The molecule has 3 rings (SSSR count). The van der Waals surface area contributed by atoms with E-state index in [9.17, 15) is 13.2 Å². The molecule has 2 aromatic carbocycles. The number of ether oxygens (including phenoxy) is 1. The molecule has 0 saturated heterocycles. The molecule has 28 heavy (non-hydrogen) atoms. The molecule has 0 saturated carbocycles. The highest BCUT2D eigenvalue weighted by Crippen LogP contribution is 2.22. The van der Waals surface area contributed by atoms with Gasteiger partial charge in [0, 0.05) is 18.5 Å². The lowest BCUT2D eigenvalue weighted by molar-refractivity contribution is -0.120. The minimum Gasteiger partial charge on any atom is -0.494 e. The Balaban J connectivity index is 1.38. The van der Waals surface area contributed by atoms with Gasteiger partial charge in [-0.2, -0.15) is 0 Å². The molecular formula is C20H23N3O4S. The minimum absolute atomic E-state index is 0.131. The monoisotopic (exact) mass is 401 g/mol. The number of hydrogen-bond acceptors (Lipinski definition) is 5. The van der Waals surface area contributed by atoms with E-state index in [0.717, 1.165) is 11.3 Å². The molecule has 0 aliphatic carbocycles. The predicted octanol–water partition coefficient (Wildman–Crippen LogP) is 2.01. The minimum atomic E-state index is -3.55. The fourth-order valence-corrected chi connectivity index (χ4v) is 4.06. The third kappa shape index (κ3) is 5.10. The van der Waals surface area contributed by atoms with E-state index in [4.69, 9.17) is 4.74 Å². The third-order valence-electron chi connectivity index (χ3n) is 4.17. The molecule has 1 aliphatic rings. The van der Waals surface area contributed by atoms with Crippen molar-refractivity contribution in [2.75, 3.05) is 19.7 Å². The maximum atomic E-state index is 12.0. The first-order valence-electron chi connectivity index (χ1n) is 9.08. The van der Waals surface area contributed by atoms with Crippen LogP contribution in [0.2, 0.25) is 0 Å². The molecule has 148 valence electrons. The summed E-state index contributed by atoms with van der Waals surface area (Å²) in [6.45, 7) is 3.24. The Morgan fingerprint density at radius 3 is 2.82 bits per heavy atom. The zero-order valence-electron chi connectivity index (χ0n) is 15.6. The molecular weight excluding hydrogens is 378 g/mol. The average molecular weight is 401 g/mol. The molecule has 0 spiro atoms. The predicted molar refractivity (Wildman–Crippen MR) is 107 cm³/mol. The number of amidine groups is 1. The maximum Gasteiger partial charge on any atom is 0.263 e. The topological polar surface area (TPSA) is 96.9 Å². The lowest BCUT2D eigenvalue weighted by Gasteiger charge is -2.07. The summed E-state index contributed by atoms with van der Waals surface area (Å²) in [7, 11) is -3.55. The van der Waals surface area contributed by atoms with E-state index < -0.39 is 10.0 Å². The highest BCUT2D eigenvalue weighted by Gasteiger charge is 2.29. The number of nitrogens with one attached hydrogen (secondary N) is 2. The van der Waals surface area contributed by atoms with Gasteiger partial charge in [0.2, 0.25) is 5.91 Å². The van der Waals surface area contributed by atoms with E-state index in [1.54, 1.807) is 18.2 Å². The van der Waals surface area contributed by atoms with Gasteiger partial charge in [0.1, 0.15) is 11.6 Å². The largest absolute Gasteiger partial charge is 0.494 e. The summed E-state index contributed by atoms with van der Waals surface area (Å²) in [5.74, 6) is 0.977. The maximum absolute atomic E-state index is 12.0. The molecule has 0 unspecified atom stereocenters. The number of benzene rings is 2. The van der Waals surface area contributed by atoms with E-state index in [1.807, 2.05) is 31.2 Å². The van der Waals surface area contributed by atoms with Gasteiger partial charge in [-0.1, -0.05) is 24.3 Å². The molecule has 1 amide bonds. The van der Waals surface area contributed by atoms with Crippen LogP contribution in [-0.2, 0) is 14.8 Å². The van der Waals surface area contributed by atoms with Gasteiger partial charge in [0.05, 0.1) is 18.0 Å². The summed E-state index contributed by atoms with van der Waals surface area (Å²) in [5, 5.41) is 2.81. The molecule has 1 aliphatic heterocycles. The van der Waals surface area contributed by atoms with E-state index in [-0.39, 0.29) is 29.6 Å². The van der Waals surface area contributed by atoms with Gasteiger partial charge in [-0.05, 0) is 43.2 Å². The number of nitrogens with zero attached hydrogens (tertiary/aromatic N) is 1. The molecule has 0 radical (unpaired) electrons. The molecule has 1 heterocycles. The number of aliphatic imine (C=N–C) groups is 1. The number of carbonyl (C=O) groups excluding carboxylic acids is 1. The van der Waals surface area contributed by atoms with Gasteiger partial charge in [0.25, 0.3) is 10.0 Å². The Morgan fingerprint density at radius 1 is 1.18 bits per heavy atom. The summed E-state index contributed by atoms with van der Waals surface area (Å²) in [4.78, 5) is 16.4. The number of sulfonamides is 1. The van der Waals surface area contributed by atoms with Crippen LogP contribution in [0.5, 0.6) is 5.75 Å². The molecule has 0 bridgehead atoms. The van der Waals surface area contributed by atoms with Crippen LogP contribution in [0.4, 0.5) is 0 Å². The second kappa shape index (κ2) is 8.88. The fraction of sp³-hybridized carbons (Fsp3) is 0.300. The highest BCUT2D eigenvalue weighted by atomic mass is 32.2. The summed E-state index contributed by atoms with van der Waals surface area (Å²) < 4.78 is 32.1. The van der Waals surface area contributed by atoms with Crippen LogP contribution in [0.3, 0.4) is 0 Å². The van der Waals surface area contributed by atoms with Gasteiger partial charge >= 0.3 is 0 Å². The Hall–Kier alpha value is -2.87. The van der Waals surface area contributed by atoms with E-state index in [0.29, 0.717) is 25.1 Å². The number of carbonyl (C=O) groups is 1. The Kier molecular flexibility index (Phi) is 6.30. The van der Waals surface area contributed by atoms with Crippen molar-refractivity contribution in [2.24, 2.45) is 4.99 Å². The SMILES string of the molecule is Cc1cccc(OCCCNC(=O)CCN=C2NS(=O)(=O)c3ccccc32)c1. The average Bonchev–Trinajstić information content (AvgIpc) is 2.92. The van der Waals surface area contributed by atoms with Gasteiger partial charge in [-0.15, -0.1) is 0 Å². The van der Waals surface area contributed by atoms with Crippen molar-refractivity contribution < 1.29 is 17.9 Å².